The van der Waals surface area contributed by atoms with Crippen LogP contribution in [0, 0.1) is 0 Å². The summed E-state index contributed by atoms with van der Waals surface area (Å²) in [6.45, 7) is 2.16. The van der Waals surface area contributed by atoms with Crippen LogP contribution in [0.3, 0.4) is 0 Å². The molecule has 0 bridgehead atoms. The number of hydrogen-bond acceptors (Lipinski definition) is 0. The number of hydrogen-bond donors (Lipinski definition) is 0. The molecule has 15 heavy (non-hydrogen) atoms. The Morgan fingerprint density at radius 2 is 1.13 bits per heavy atom. The van der Waals surface area contributed by atoms with Gasteiger partial charge >= 0.3 is 0 Å². The fourth-order valence-corrected chi connectivity index (χ4v) is 3.84. The van der Waals surface area contributed by atoms with Crippen molar-refractivity contribution in [2.24, 2.45) is 0 Å². The Morgan fingerprint density at radius 3 is 1.47 bits per heavy atom. The molecule has 0 saturated carbocycles. The topological polar surface area (TPSA) is 0 Å². The van der Waals surface area contributed by atoms with Crippen LogP contribution in [0.1, 0.15) is 6.92 Å². The predicted octanol–water partition coefficient (Wildman–Crippen LogP) is 2.67. The SMILES string of the molecule is CC=[PH](c1ccccc1)c1ccccc1. The molecule has 0 atom stereocenters. The van der Waals surface area contributed by atoms with Gasteiger partial charge in [-0.1, -0.05) is 74.0 Å². The van der Waals surface area contributed by atoms with E-state index in [1.54, 1.807) is 0 Å². The minimum absolute atomic E-state index is 0.664. The van der Waals surface area contributed by atoms with E-state index in [-0.39, 0.29) is 0 Å². The van der Waals surface area contributed by atoms with Crippen LogP contribution in [0.5, 0.6) is 0 Å². The summed E-state index contributed by atoms with van der Waals surface area (Å²) >= 11 is 0. The summed E-state index contributed by atoms with van der Waals surface area (Å²) in [6, 6.07) is 21.5. The second kappa shape index (κ2) is 5.00. The lowest BCUT2D eigenvalue weighted by Crippen LogP contribution is -2.06. The smallest absolute Gasteiger partial charge is 0.0234 e. The first kappa shape index (κ1) is 10.3. The Bertz CT molecular complexity index is 402. The Morgan fingerprint density at radius 1 is 0.733 bits per heavy atom. The zero-order chi connectivity index (χ0) is 10.5. The van der Waals surface area contributed by atoms with Crippen LogP contribution in [0.25, 0.3) is 0 Å². The Kier molecular flexibility index (Phi) is 3.42. The Labute approximate surface area is 92.0 Å². The van der Waals surface area contributed by atoms with E-state index in [0.717, 1.165) is 0 Å². The molecule has 0 saturated heterocycles. The third-order valence-electron chi connectivity index (χ3n) is 2.46. The van der Waals surface area contributed by atoms with Gasteiger partial charge in [-0.25, -0.2) is 0 Å². The lowest BCUT2D eigenvalue weighted by atomic mass is 10.4. The monoisotopic (exact) mass is 214 g/mol. The molecule has 0 heterocycles. The Hall–Kier alpha value is -1.26. The third-order valence-corrected chi connectivity index (χ3v) is 4.95. The molecule has 0 amide bonds. The van der Waals surface area contributed by atoms with Crippen LogP contribution in [-0.2, 0) is 0 Å². The molecule has 0 fully saturated rings. The number of benzene rings is 2. The molecule has 0 nitrogen and oxygen atoms in total. The predicted molar refractivity (Wildman–Crippen MR) is 72.2 cm³/mol. The van der Waals surface area contributed by atoms with Crippen molar-refractivity contribution in [2.75, 3.05) is 0 Å². The number of rotatable bonds is 2. The van der Waals surface area contributed by atoms with Crippen LogP contribution in [-0.4, -0.2) is 5.80 Å². The highest BCUT2D eigenvalue weighted by Crippen LogP contribution is 2.19. The van der Waals surface area contributed by atoms with Gasteiger partial charge in [0.05, 0.1) is 0 Å². The van der Waals surface area contributed by atoms with Gasteiger partial charge in [0.15, 0.2) is 0 Å². The standard InChI is InChI=1S/C14H15P/c1-2-15(13-9-5-3-6-10-13)14-11-7-4-8-12-14/h2-12,15H,1H3. The summed E-state index contributed by atoms with van der Waals surface area (Å²) < 4.78 is 0. The van der Waals surface area contributed by atoms with Gasteiger partial charge < -0.3 is 0 Å². The molecule has 0 radical (unpaired) electrons. The average Bonchev–Trinajstić information content (AvgIpc) is 2.33. The van der Waals surface area contributed by atoms with E-state index in [9.17, 15) is 0 Å². The molecule has 0 aliphatic carbocycles. The van der Waals surface area contributed by atoms with E-state index >= 15 is 0 Å². The molecule has 2 aromatic carbocycles. The fraction of sp³-hybridized carbons (Fsp3) is 0.0714. The molecule has 1 heteroatoms. The fourth-order valence-electron chi connectivity index (χ4n) is 1.74. The van der Waals surface area contributed by atoms with Crippen molar-refractivity contribution in [3.05, 3.63) is 60.7 Å². The van der Waals surface area contributed by atoms with Crippen LogP contribution in [0.4, 0.5) is 0 Å². The van der Waals surface area contributed by atoms with E-state index in [1.165, 1.54) is 10.6 Å². The maximum atomic E-state index is 2.34. The van der Waals surface area contributed by atoms with Crippen LogP contribution < -0.4 is 10.6 Å². The van der Waals surface area contributed by atoms with Gasteiger partial charge in [-0.05, 0) is 17.5 Å². The maximum Gasteiger partial charge on any atom is -0.0234 e. The largest absolute Gasteiger partial charge is 0.0840 e. The zero-order valence-electron chi connectivity index (χ0n) is 8.85. The highest BCUT2D eigenvalue weighted by Gasteiger charge is 1.99. The maximum absolute atomic E-state index is 2.34. The first-order chi connectivity index (χ1) is 7.42. The second-order valence-electron chi connectivity index (χ2n) is 3.43. The summed E-state index contributed by atoms with van der Waals surface area (Å²) in [7, 11) is -0.664. The first-order valence-electron chi connectivity index (χ1n) is 5.19. The van der Waals surface area contributed by atoms with E-state index in [2.05, 4.69) is 73.4 Å². The highest BCUT2D eigenvalue weighted by molar-refractivity contribution is 7.72. The Balaban J connectivity index is 2.44. The lowest BCUT2D eigenvalue weighted by molar-refractivity contribution is 1.76. The minimum Gasteiger partial charge on any atom is -0.0840 e. The van der Waals surface area contributed by atoms with Gasteiger partial charge in [-0.15, -0.1) is 0 Å². The van der Waals surface area contributed by atoms with Crippen molar-refractivity contribution in [1.29, 1.82) is 0 Å². The molecule has 0 aliphatic heterocycles. The summed E-state index contributed by atoms with van der Waals surface area (Å²) in [6.07, 6.45) is 0. The molecule has 0 N–H and O–H groups in total. The van der Waals surface area contributed by atoms with Gasteiger partial charge in [-0.3, -0.25) is 0 Å². The molecule has 2 rings (SSSR count). The van der Waals surface area contributed by atoms with Gasteiger partial charge in [-0.2, -0.15) is 0 Å². The van der Waals surface area contributed by atoms with Gasteiger partial charge in [0, 0.05) is 0 Å². The van der Waals surface area contributed by atoms with Gasteiger partial charge in [0.2, 0.25) is 0 Å². The quantitative estimate of drug-likeness (QED) is 0.674. The molecule has 0 aliphatic rings. The van der Waals surface area contributed by atoms with Gasteiger partial charge in [0.1, 0.15) is 0 Å². The average molecular weight is 214 g/mol. The molecular weight excluding hydrogens is 199 g/mol. The van der Waals surface area contributed by atoms with Crippen molar-refractivity contribution >= 4 is 24.0 Å². The summed E-state index contributed by atoms with van der Waals surface area (Å²) in [5.74, 6) is 2.34. The molecule has 0 unspecified atom stereocenters. The third kappa shape index (κ3) is 2.40. The molecule has 0 aromatic heterocycles. The molecule has 76 valence electrons. The van der Waals surface area contributed by atoms with Crippen molar-refractivity contribution in [2.45, 2.75) is 6.92 Å². The summed E-state index contributed by atoms with van der Waals surface area (Å²) in [5.41, 5.74) is 0. The van der Waals surface area contributed by atoms with E-state index in [4.69, 9.17) is 0 Å². The van der Waals surface area contributed by atoms with Crippen molar-refractivity contribution in [3.63, 3.8) is 0 Å². The summed E-state index contributed by atoms with van der Waals surface area (Å²) in [5, 5.41) is 2.91. The van der Waals surface area contributed by atoms with Crippen LogP contribution in [0.15, 0.2) is 60.7 Å². The normalized spacial score (nSPS) is 10.3. The minimum atomic E-state index is -0.664. The van der Waals surface area contributed by atoms with Crippen LogP contribution in [0.2, 0.25) is 0 Å². The van der Waals surface area contributed by atoms with E-state index < -0.39 is 7.55 Å². The van der Waals surface area contributed by atoms with E-state index in [1.807, 2.05) is 0 Å². The highest BCUT2D eigenvalue weighted by atomic mass is 31.1. The molecule has 0 spiro atoms. The van der Waals surface area contributed by atoms with Crippen molar-refractivity contribution < 1.29 is 0 Å². The van der Waals surface area contributed by atoms with E-state index in [0.29, 0.717) is 0 Å². The first-order valence-corrected chi connectivity index (χ1v) is 6.76. The second-order valence-corrected chi connectivity index (χ2v) is 5.99. The zero-order valence-corrected chi connectivity index (χ0v) is 9.85. The van der Waals surface area contributed by atoms with Crippen molar-refractivity contribution in [1.82, 2.24) is 0 Å². The lowest BCUT2D eigenvalue weighted by Gasteiger charge is -2.08. The van der Waals surface area contributed by atoms with Crippen molar-refractivity contribution in [3.8, 4) is 0 Å². The molecular formula is C14H15P. The van der Waals surface area contributed by atoms with Gasteiger partial charge in [0.25, 0.3) is 0 Å². The summed E-state index contributed by atoms with van der Waals surface area (Å²) in [4.78, 5) is 0. The van der Waals surface area contributed by atoms with Crippen LogP contribution >= 0.6 is 7.55 Å². The molecule has 2 aromatic rings.